The molecule has 0 aliphatic heterocycles. The van der Waals surface area contributed by atoms with E-state index in [0.717, 1.165) is 27.6 Å². The van der Waals surface area contributed by atoms with Gasteiger partial charge in [0.1, 0.15) is 11.3 Å². The molecular formula is C19H16F2N4OS2. The lowest BCUT2D eigenvalue weighted by Crippen LogP contribution is -2.36. The monoisotopic (exact) mass is 418 g/mol. The first kappa shape index (κ1) is 18.9. The number of aromatic nitrogens is 2. The smallest absolute Gasteiger partial charge is 0.289 e. The van der Waals surface area contributed by atoms with Gasteiger partial charge in [-0.2, -0.15) is 0 Å². The van der Waals surface area contributed by atoms with Crippen molar-refractivity contribution >= 4 is 54.1 Å². The van der Waals surface area contributed by atoms with Crippen molar-refractivity contribution in [3.63, 3.8) is 0 Å². The number of para-hydroxylation sites is 1. The number of halogens is 2. The van der Waals surface area contributed by atoms with Gasteiger partial charge in [0.15, 0.2) is 16.0 Å². The molecule has 1 amide bonds. The van der Waals surface area contributed by atoms with E-state index in [9.17, 15) is 13.6 Å². The third-order valence-electron chi connectivity index (χ3n) is 4.13. The second kappa shape index (κ2) is 7.50. The Morgan fingerprint density at radius 2 is 1.82 bits per heavy atom. The summed E-state index contributed by atoms with van der Waals surface area (Å²) in [4.78, 5) is 25.3. The van der Waals surface area contributed by atoms with Crippen LogP contribution in [0.5, 0.6) is 0 Å². The lowest BCUT2D eigenvalue weighted by Gasteiger charge is -2.20. The molecule has 4 rings (SSSR count). The van der Waals surface area contributed by atoms with Gasteiger partial charge in [0, 0.05) is 19.2 Å². The largest absolute Gasteiger partial charge is 0.308 e. The highest BCUT2D eigenvalue weighted by Gasteiger charge is 2.25. The maximum absolute atomic E-state index is 14.1. The van der Waals surface area contributed by atoms with Gasteiger partial charge in [0.2, 0.25) is 0 Å². The first-order chi connectivity index (χ1) is 13.4. The molecule has 4 aromatic rings. The molecule has 0 aliphatic carbocycles. The zero-order valence-electron chi connectivity index (χ0n) is 15.1. The number of amides is 1. The van der Waals surface area contributed by atoms with Crippen molar-refractivity contribution in [2.75, 3.05) is 32.1 Å². The van der Waals surface area contributed by atoms with Crippen LogP contribution in [0.15, 0.2) is 36.4 Å². The number of thiazole rings is 2. The van der Waals surface area contributed by atoms with Crippen LogP contribution in [0.2, 0.25) is 0 Å². The van der Waals surface area contributed by atoms with Gasteiger partial charge in [-0.25, -0.2) is 18.7 Å². The summed E-state index contributed by atoms with van der Waals surface area (Å²) in [5.74, 6) is -1.71. The number of rotatable bonds is 5. The molecule has 5 nitrogen and oxygen atoms in total. The molecule has 28 heavy (non-hydrogen) atoms. The maximum atomic E-state index is 14.1. The molecule has 2 aromatic carbocycles. The summed E-state index contributed by atoms with van der Waals surface area (Å²) < 4.78 is 28.9. The summed E-state index contributed by atoms with van der Waals surface area (Å²) in [7, 11) is 3.79. The van der Waals surface area contributed by atoms with Crippen molar-refractivity contribution in [2.24, 2.45) is 0 Å². The molecule has 0 unspecified atom stereocenters. The number of benzene rings is 2. The van der Waals surface area contributed by atoms with Gasteiger partial charge in [-0.05, 0) is 32.3 Å². The Balaban J connectivity index is 1.76. The van der Waals surface area contributed by atoms with Crippen molar-refractivity contribution in [3.8, 4) is 0 Å². The Kier molecular flexibility index (Phi) is 5.05. The van der Waals surface area contributed by atoms with Crippen LogP contribution in [-0.4, -0.2) is 48.0 Å². The Morgan fingerprint density at radius 3 is 2.57 bits per heavy atom. The van der Waals surface area contributed by atoms with Gasteiger partial charge < -0.3 is 4.90 Å². The summed E-state index contributed by atoms with van der Waals surface area (Å²) >= 11 is 2.39. The van der Waals surface area contributed by atoms with Gasteiger partial charge in [0.25, 0.3) is 5.91 Å². The molecule has 0 spiro atoms. The Bertz CT molecular complexity index is 1140. The van der Waals surface area contributed by atoms with E-state index >= 15 is 0 Å². The number of carbonyl (C=O) groups excluding carboxylic acids is 1. The summed E-state index contributed by atoms with van der Waals surface area (Å²) in [5, 5.41) is 0.663. The zero-order chi connectivity index (χ0) is 19.8. The molecule has 9 heteroatoms. The van der Waals surface area contributed by atoms with E-state index in [4.69, 9.17) is 0 Å². The Labute approximate surface area is 167 Å². The van der Waals surface area contributed by atoms with E-state index in [1.807, 2.05) is 43.3 Å². The number of fused-ring (bicyclic) bond motifs is 2. The van der Waals surface area contributed by atoms with Crippen molar-refractivity contribution in [1.82, 2.24) is 14.9 Å². The third-order valence-corrected chi connectivity index (χ3v) is 6.18. The van der Waals surface area contributed by atoms with Crippen LogP contribution in [0.3, 0.4) is 0 Å². The molecule has 0 fully saturated rings. The number of hydrogen-bond donors (Lipinski definition) is 0. The fraction of sp³-hybridized carbons (Fsp3) is 0.211. The standard InChI is InChI=1S/C19H16F2N4OS2/c1-24(2)7-8-25(18(26)17-22-13-5-3-4-6-14(13)27-17)19-23-16-12(21)9-11(20)10-15(16)28-19/h3-6,9-10H,7-8H2,1-2H3. The fourth-order valence-electron chi connectivity index (χ4n) is 2.72. The minimum Gasteiger partial charge on any atom is -0.308 e. The number of likely N-dealkylation sites (N-methyl/N-ethyl adjacent to an activating group) is 1. The fourth-order valence-corrected chi connectivity index (χ4v) is 4.67. The summed E-state index contributed by atoms with van der Waals surface area (Å²) in [5.41, 5.74) is 0.814. The SMILES string of the molecule is CN(C)CCN(C(=O)c1nc2ccccc2s1)c1nc2c(F)cc(F)cc2s1. The van der Waals surface area contributed by atoms with Gasteiger partial charge in [0.05, 0.1) is 14.9 Å². The molecule has 0 radical (unpaired) electrons. The normalized spacial score (nSPS) is 11.6. The minimum absolute atomic E-state index is 0.0633. The average molecular weight is 418 g/mol. The van der Waals surface area contributed by atoms with Gasteiger partial charge >= 0.3 is 0 Å². The first-order valence-electron chi connectivity index (χ1n) is 8.50. The zero-order valence-corrected chi connectivity index (χ0v) is 16.8. The van der Waals surface area contributed by atoms with Crippen molar-refractivity contribution in [2.45, 2.75) is 0 Å². The molecule has 0 saturated heterocycles. The van der Waals surface area contributed by atoms with E-state index in [1.54, 1.807) is 0 Å². The second-order valence-electron chi connectivity index (χ2n) is 6.48. The third kappa shape index (κ3) is 3.60. The van der Waals surface area contributed by atoms with Crippen LogP contribution in [0.1, 0.15) is 9.80 Å². The van der Waals surface area contributed by atoms with Crippen LogP contribution in [0.25, 0.3) is 20.4 Å². The maximum Gasteiger partial charge on any atom is 0.289 e. The second-order valence-corrected chi connectivity index (χ2v) is 8.52. The van der Waals surface area contributed by atoms with Gasteiger partial charge in [-0.3, -0.25) is 9.69 Å². The number of carbonyl (C=O) groups is 1. The van der Waals surface area contributed by atoms with E-state index in [-0.39, 0.29) is 11.4 Å². The predicted molar refractivity (Wildman–Crippen MR) is 109 cm³/mol. The lowest BCUT2D eigenvalue weighted by molar-refractivity contribution is 0.0985. The summed E-state index contributed by atoms with van der Waals surface area (Å²) in [6.07, 6.45) is 0. The Hall–Kier alpha value is -2.49. The molecule has 0 aliphatic rings. The van der Waals surface area contributed by atoms with Crippen molar-refractivity contribution in [1.29, 1.82) is 0 Å². The van der Waals surface area contributed by atoms with E-state index in [0.29, 0.717) is 27.9 Å². The van der Waals surface area contributed by atoms with Crippen LogP contribution in [-0.2, 0) is 0 Å². The topological polar surface area (TPSA) is 49.3 Å². The van der Waals surface area contributed by atoms with Crippen LogP contribution in [0, 0.1) is 11.6 Å². The van der Waals surface area contributed by atoms with Gasteiger partial charge in [-0.1, -0.05) is 23.5 Å². The van der Waals surface area contributed by atoms with E-state index < -0.39 is 11.6 Å². The Morgan fingerprint density at radius 1 is 1.04 bits per heavy atom. The highest BCUT2D eigenvalue weighted by atomic mass is 32.1. The molecule has 2 heterocycles. The van der Waals surface area contributed by atoms with Crippen molar-refractivity contribution in [3.05, 3.63) is 53.0 Å². The number of hydrogen-bond acceptors (Lipinski definition) is 6. The minimum atomic E-state index is -0.738. The molecule has 0 N–H and O–H groups in total. The highest BCUT2D eigenvalue weighted by molar-refractivity contribution is 7.23. The number of anilines is 1. The van der Waals surface area contributed by atoms with E-state index in [2.05, 4.69) is 9.97 Å². The lowest BCUT2D eigenvalue weighted by atomic mass is 10.3. The van der Waals surface area contributed by atoms with Crippen molar-refractivity contribution < 1.29 is 13.6 Å². The van der Waals surface area contributed by atoms with Crippen LogP contribution < -0.4 is 4.90 Å². The molecule has 144 valence electrons. The summed E-state index contributed by atoms with van der Waals surface area (Å²) in [6.45, 7) is 0.940. The molecule has 0 atom stereocenters. The quantitative estimate of drug-likeness (QED) is 0.482. The first-order valence-corrected chi connectivity index (χ1v) is 10.1. The number of nitrogens with zero attached hydrogens (tertiary/aromatic N) is 4. The van der Waals surface area contributed by atoms with Gasteiger partial charge in [-0.15, -0.1) is 11.3 Å². The van der Waals surface area contributed by atoms with E-state index in [1.165, 1.54) is 22.3 Å². The molecular weight excluding hydrogens is 402 g/mol. The molecule has 2 aromatic heterocycles. The van der Waals surface area contributed by atoms with Crippen LogP contribution in [0.4, 0.5) is 13.9 Å². The molecule has 0 saturated carbocycles. The predicted octanol–water partition coefficient (Wildman–Crippen LogP) is 4.39. The van der Waals surface area contributed by atoms with Crippen LogP contribution >= 0.6 is 22.7 Å². The summed E-state index contributed by atoms with van der Waals surface area (Å²) in [6, 6.07) is 9.54. The molecule has 0 bridgehead atoms. The average Bonchev–Trinajstić information content (AvgIpc) is 3.25. The highest BCUT2D eigenvalue weighted by Crippen LogP contribution is 2.32.